The minimum atomic E-state index is -5.38. The molecule has 3 aromatic carbocycles. The summed E-state index contributed by atoms with van der Waals surface area (Å²) in [5.74, 6) is 0.186. The molecule has 46 heavy (non-hydrogen) atoms. The maximum atomic E-state index is 13.2. The summed E-state index contributed by atoms with van der Waals surface area (Å²) in [6.07, 6.45) is 1.80. The van der Waals surface area contributed by atoms with Gasteiger partial charge in [-0.2, -0.15) is 17.5 Å². The van der Waals surface area contributed by atoms with E-state index in [1.54, 1.807) is 13.2 Å². The molecule has 0 spiro atoms. The van der Waals surface area contributed by atoms with Crippen molar-refractivity contribution in [3.8, 4) is 5.88 Å². The van der Waals surface area contributed by atoms with Gasteiger partial charge in [0.2, 0.25) is 5.88 Å². The highest BCUT2D eigenvalue weighted by molar-refractivity contribution is 7.90. The number of aryl methyl sites for hydroxylation is 1. The predicted molar refractivity (Wildman–Crippen MR) is 176 cm³/mol. The first kappa shape index (κ1) is 34.3. The number of nitrogens with one attached hydrogen (secondary N) is 1. The molecule has 0 atom stereocenters. The number of rotatable bonds is 11. The summed E-state index contributed by atoms with van der Waals surface area (Å²) < 4.78 is 74.9. The number of anilines is 1. The largest absolute Gasteiger partial charge is 0.511 e. The molecule has 5 rings (SSSR count). The number of fused-ring (bicyclic) bond motifs is 1. The van der Waals surface area contributed by atoms with E-state index in [1.165, 1.54) is 7.11 Å². The van der Waals surface area contributed by atoms with E-state index in [2.05, 4.69) is 17.4 Å². The van der Waals surface area contributed by atoms with Crippen molar-refractivity contribution in [3.05, 3.63) is 99.0 Å². The van der Waals surface area contributed by atoms with Crippen molar-refractivity contribution in [2.75, 3.05) is 39.2 Å². The molecule has 0 saturated carbocycles. The van der Waals surface area contributed by atoms with Crippen molar-refractivity contribution in [1.82, 2.24) is 9.29 Å². The van der Waals surface area contributed by atoms with Crippen LogP contribution in [-0.4, -0.2) is 63.2 Å². The lowest BCUT2D eigenvalue weighted by atomic mass is 9.83. The molecule has 0 unspecified atom stereocenters. The van der Waals surface area contributed by atoms with Crippen molar-refractivity contribution in [1.29, 1.82) is 0 Å². The van der Waals surface area contributed by atoms with Crippen LogP contribution in [0, 0.1) is 0 Å². The van der Waals surface area contributed by atoms with Crippen LogP contribution in [0.25, 0.3) is 10.9 Å². The monoisotopic (exact) mass is 695 g/mol. The molecule has 1 aliphatic rings. The molecule has 7 nitrogen and oxygen atoms in total. The maximum absolute atomic E-state index is 13.2. The molecule has 1 aromatic heterocycles. The van der Waals surface area contributed by atoms with Gasteiger partial charge in [0.1, 0.15) is 0 Å². The minimum Gasteiger partial charge on any atom is -0.481 e. The maximum Gasteiger partial charge on any atom is 0.511 e. The topological polar surface area (TPSA) is 80.8 Å². The summed E-state index contributed by atoms with van der Waals surface area (Å²) in [5.41, 5.74) is 0.0921. The fraction of sp³-hybridized carbons (Fsp3) is 0.364. The van der Waals surface area contributed by atoms with Gasteiger partial charge in [0, 0.05) is 66.0 Å². The first-order valence-electron chi connectivity index (χ1n) is 14.8. The van der Waals surface area contributed by atoms with Gasteiger partial charge >= 0.3 is 15.5 Å². The van der Waals surface area contributed by atoms with E-state index in [0.717, 1.165) is 39.6 Å². The van der Waals surface area contributed by atoms with E-state index < -0.39 is 15.5 Å². The van der Waals surface area contributed by atoms with Crippen molar-refractivity contribution in [3.63, 3.8) is 0 Å². The zero-order valence-corrected chi connectivity index (χ0v) is 27.6. The van der Waals surface area contributed by atoms with Crippen molar-refractivity contribution < 1.29 is 31.1 Å². The quantitative estimate of drug-likeness (QED) is 0.126. The zero-order chi connectivity index (χ0) is 33.1. The molecule has 0 bridgehead atoms. The van der Waals surface area contributed by atoms with E-state index in [9.17, 15) is 21.6 Å². The molecule has 1 fully saturated rings. The third-order valence-electron chi connectivity index (χ3n) is 8.18. The number of sulfonamides is 1. The van der Waals surface area contributed by atoms with E-state index in [4.69, 9.17) is 37.7 Å². The Morgan fingerprint density at radius 1 is 0.935 bits per heavy atom. The van der Waals surface area contributed by atoms with Gasteiger partial charge in [-0.3, -0.25) is 0 Å². The summed E-state index contributed by atoms with van der Waals surface area (Å²) in [5, 5.41) is 5.53. The van der Waals surface area contributed by atoms with Gasteiger partial charge in [0.25, 0.3) is 0 Å². The summed E-state index contributed by atoms with van der Waals surface area (Å²) >= 11 is 12.5. The number of halogens is 5. The van der Waals surface area contributed by atoms with Gasteiger partial charge in [-0.1, -0.05) is 53.5 Å². The second-order valence-electron chi connectivity index (χ2n) is 11.2. The number of ether oxygens (including phenoxy) is 2. The normalized spacial score (nSPS) is 15.0. The third kappa shape index (κ3) is 7.55. The van der Waals surface area contributed by atoms with E-state index in [-0.39, 0.29) is 37.9 Å². The first-order chi connectivity index (χ1) is 21.9. The Morgan fingerprint density at radius 3 is 2.04 bits per heavy atom. The SMILES string of the molecule is COCCCc1cc(C(c2ccc(Cl)cc2)c2ccc(Cl)cc2)cc2c(NC3CCN(S(=O)(=O)C(F)(F)F)CC3)cc(OC)nc12. The Hall–Kier alpha value is -3.09. The van der Waals surface area contributed by atoms with E-state index >= 15 is 0 Å². The molecule has 4 aromatic rings. The number of methoxy groups -OCH3 is 2. The van der Waals surface area contributed by atoms with Gasteiger partial charge in [-0.05, 0) is 78.3 Å². The number of benzene rings is 3. The number of nitrogens with zero attached hydrogens (tertiary/aromatic N) is 2. The highest BCUT2D eigenvalue weighted by Crippen LogP contribution is 2.39. The highest BCUT2D eigenvalue weighted by atomic mass is 35.5. The van der Waals surface area contributed by atoms with Crippen LogP contribution in [0.1, 0.15) is 47.4 Å². The molecule has 1 aliphatic heterocycles. The molecule has 0 amide bonds. The molecule has 1 saturated heterocycles. The average molecular weight is 697 g/mol. The fourth-order valence-corrected chi connectivity index (χ4v) is 7.12. The van der Waals surface area contributed by atoms with E-state index in [1.807, 2.05) is 48.5 Å². The van der Waals surface area contributed by atoms with Gasteiger partial charge in [-0.15, -0.1) is 0 Å². The summed E-state index contributed by atoms with van der Waals surface area (Å²) in [4.78, 5) is 4.82. The van der Waals surface area contributed by atoms with Crippen molar-refractivity contribution in [2.24, 2.45) is 0 Å². The number of pyridine rings is 1. The van der Waals surface area contributed by atoms with E-state index in [0.29, 0.717) is 38.9 Å². The smallest absolute Gasteiger partial charge is 0.481 e. The van der Waals surface area contributed by atoms with Crippen LogP contribution in [-0.2, 0) is 21.2 Å². The number of piperidine rings is 1. The molecular formula is C33H34Cl2F3N3O4S. The number of aromatic nitrogens is 1. The standard InChI is InChI=1S/C33H34Cl2F3N3O4S/c1-44-17-3-4-23-18-24(31(21-5-9-25(34)10-6-21)22-7-11-26(35)12-8-22)19-28-29(20-30(45-2)40-32(23)28)39-27-13-15-41(16-14-27)46(42,43)33(36,37)38/h5-12,18-20,27,31H,3-4,13-17H2,1-2H3,(H,39,40). The number of alkyl halides is 3. The first-order valence-corrected chi connectivity index (χ1v) is 16.9. The van der Waals surface area contributed by atoms with Gasteiger partial charge < -0.3 is 14.8 Å². The summed E-state index contributed by atoms with van der Waals surface area (Å²) in [7, 11) is -2.21. The third-order valence-corrected chi connectivity index (χ3v) is 10.3. The van der Waals surface area contributed by atoms with Crippen molar-refractivity contribution >= 4 is 49.8 Å². The average Bonchev–Trinajstić information content (AvgIpc) is 3.03. The molecule has 1 N–H and O–H groups in total. The Morgan fingerprint density at radius 2 is 1.52 bits per heavy atom. The summed E-state index contributed by atoms with van der Waals surface area (Å²) in [6.45, 7) is 0.0583. The Labute approximate surface area is 276 Å². The Kier molecular flexibility index (Phi) is 10.7. The predicted octanol–water partition coefficient (Wildman–Crippen LogP) is 8.04. The summed E-state index contributed by atoms with van der Waals surface area (Å²) in [6, 6.07) is 21.1. The van der Waals surface area contributed by atoms with Crippen LogP contribution in [0.15, 0.2) is 66.7 Å². The Balaban J connectivity index is 1.60. The van der Waals surface area contributed by atoms with Gasteiger partial charge in [0.05, 0.1) is 12.6 Å². The lowest BCUT2D eigenvalue weighted by Gasteiger charge is -2.32. The van der Waals surface area contributed by atoms with Gasteiger partial charge in [0.15, 0.2) is 0 Å². The van der Waals surface area contributed by atoms with Crippen LogP contribution < -0.4 is 10.1 Å². The lowest BCUT2D eigenvalue weighted by molar-refractivity contribution is -0.0494. The molecule has 0 radical (unpaired) electrons. The van der Waals surface area contributed by atoms with Crippen LogP contribution in [0.4, 0.5) is 18.9 Å². The minimum absolute atomic E-state index is 0.189. The van der Waals surface area contributed by atoms with Crippen LogP contribution >= 0.6 is 23.2 Å². The fourth-order valence-electron chi connectivity index (χ4n) is 5.88. The van der Waals surface area contributed by atoms with Gasteiger partial charge in [-0.25, -0.2) is 13.4 Å². The molecule has 0 aliphatic carbocycles. The van der Waals surface area contributed by atoms with Crippen LogP contribution in [0.3, 0.4) is 0 Å². The Bertz CT molecular complexity index is 1720. The molecule has 2 heterocycles. The number of hydrogen-bond acceptors (Lipinski definition) is 6. The number of hydrogen-bond donors (Lipinski definition) is 1. The molecule has 13 heteroatoms. The van der Waals surface area contributed by atoms with Crippen LogP contribution in [0.5, 0.6) is 5.88 Å². The van der Waals surface area contributed by atoms with Crippen LogP contribution in [0.2, 0.25) is 10.0 Å². The molecule has 246 valence electrons. The zero-order valence-electron chi connectivity index (χ0n) is 25.3. The molecular weight excluding hydrogens is 662 g/mol. The highest BCUT2D eigenvalue weighted by Gasteiger charge is 2.50. The lowest BCUT2D eigenvalue weighted by Crippen LogP contribution is -2.47. The van der Waals surface area contributed by atoms with Crippen molar-refractivity contribution in [2.45, 2.75) is 43.2 Å². The second-order valence-corrected chi connectivity index (χ2v) is 14.0. The second kappa shape index (κ2) is 14.4.